The van der Waals surface area contributed by atoms with Gasteiger partial charge in [0.05, 0.1) is 18.7 Å². The molecule has 0 aromatic carbocycles. The van der Waals surface area contributed by atoms with Crippen LogP contribution < -0.4 is 5.32 Å². The maximum Gasteiger partial charge on any atom is 0.319 e. The second kappa shape index (κ2) is 6.44. The molecule has 0 saturated heterocycles. The van der Waals surface area contributed by atoms with E-state index in [1.54, 1.807) is 0 Å². The summed E-state index contributed by atoms with van der Waals surface area (Å²) in [5, 5.41) is 2.92. The molecule has 0 aromatic heterocycles. The van der Waals surface area contributed by atoms with Crippen molar-refractivity contribution in [3.8, 4) is 12.3 Å². The predicted octanol–water partition coefficient (Wildman–Crippen LogP) is 1.33. The lowest BCUT2D eigenvalue weighted by Crippen LogP contribution is -2.41. The molecule has 0 heterocycles. The fraction of sp³-hybridized carbons (Fsp3) is 0.727. The van der Waals surface area contributed by atoms with E-state index in [-0.39, 0.29) is 12.5 Å². The van der Waals surface area contributed by atoms with Gasteiger partial charge in [0, 0.05) is 0 Å². The maximum atomic E-state index is 11.1. The summed E-state index contributed by atoms with van der Waals surface area (Å²) in [5.74, 6) is 2.30. The first-order valence-electron chi connectivity index (χ1n) is 4.90. The van der Waals surface area contributed by atoms with E-state index in [9.17, 15) is 4.79 Å². The molecule has 0 aliphatic heterocycles. The van der Waals surface area contributed by atoms with Crippen molar-refractivity contribution < 1.29 is 9.53 Å². The zero-order chi connectivity index (χ0) is 11.0. The molecule has 0 fully saturated rings. The molecule has 0 aromatic rings. The van der Waals surface area contributed by atoms with Gasteiger partial charge < -0.3 is 4.74 Å². The highest BCUT2D eigenvalue weighted by molar-refractivity contribution is 5.71. The Hall–Kier alpha value is -1.01. The molecule has 1 N–H and O–H groups in total. The Morgan fingerprint density at radius 3 is 2.71 bits per heavy atom. The van der Waals surface area contributed by atoms with E-state index in [1.807, 2.05) is 20.8 Å². The van der Waals surface area contributed by atoms with Gasteiger partial charge in [-0.2, -0.15) is 0 Å². The van der Waals surface area contributed by atoms with Crippen LogP contribution in [0.15, 0.2) is 0 Å². The molecule has 3 nitrogen and oxygen atoms in total. The molecular formula is C11H19NO2. The number of hydrogen-bond donors (Lipinski definition) is 1. The number of rotatable bonds is 6. The molecule has 0 bridgehead atoms. The van der Waals surface area contributed by atoms with Crippen molar-refractivity contribution in [2.24, 2.45) is 0 Å². The van der Waals surface area contributed by atoms with Crippen LogP contribution in [0.4, 0.5) is 0 Å². The standard InChI is InChI=1S/C11H19NO2/c1-5-7-8-14-10(13)9-12-11(3,4)6-2/h2,12H,5,7-9H2,1,3-4H3. The first kappa shape index (κ1) is 13.0. The molecular weight excluding hydrogens is 178 g/mol. The average molecular weight is 197 g/mol. The summed E-state index contributed by atoms with van der Waals surface area (Å²) >= 11 is 0. The zero-order valence-electron chi connectivity index (χ0n) is 9.22. The van der Waals surface area contributed by atoms with E-state index in [0.717, 1.165) is 12.8 Å². The predicted molar refractivity (Wildman–Crippen MR) is 56.8 cm³/mol. The number of hydrogen-bond acceptors (Lipinski definition) is 3. The third-order valence-electron chi connectivity index (χ3n) is 1.80. The van der Waals surface area contributed by atoms with Crippen molar-refractivity contribution in [2.45, 2.75) is 39.2 Å². The number of carbonyl (C=O) groups excluding carboxylic acids is 1. The molecule has 0 unspecified atom stereocenters. The summed E-state index contributed by atoms with van der Waals surface area (Å²) in [4.78, 5) is 11.1. The molecule has 14 heavy (non-hydrogen) atoms. The number of ether oxygens (including phenoxy) is 1. The van der Waals surface area contributed by atoms with Crippen LogP contribution in [0.3, 0.4) is 0 Å². The van der Waals surface area contributed by atoms with Crippen LogP contribution in [-0.4, -0.2) is 24.7 Å². The molecule has 80 valence electrons. The van der Waals surface area contributed by atoms with Crippen molar-refractivity contribution in [3.63, 3.8) is 0 Å². The highest BCUT2D eigenvalue weighted by Crippen LogP contribution is 1.97. The summed E-state index contributed by atoms with van der Waals surface area (Å²) < 4.78 is 4.95. The Morgan fingerprint density at radius 2 is 2.21 bits per heavy atom. The number of esters is 1. The van der Waals surface area contributed by atoms with Gasteiger partial charge in [-0.3, -0.25) is 10.1 Å². The first-order chi connectivity index (χ1) is 6.52. The van der Waals surface area contributed by atoms with Crippen LogP contribution in [-0.2, 0) is 9.53 Å². The molecule has 0 rings (SSSR count). The molecule has 0 radical (unpaired) electrons. The first-order valence-corrected chi connectivity index (χ1v) is 4.90. The number of nitrogens with one attached hydrogen (secondary N) is 1. The second-order valence-electron chi connectivity index (χ2n) is 3.70. The molecule has 3 heteroatoms. The van der Waals surface area contributed by atoms with Crippen LogP contribution in [0.25, 0.3) is 0 Å². The van der Waals surface area contributed by atoms with E-state index in [2.05, 4.69) is 11.2 Å². The molecule has 0 aliphatic carbocycles. The summed E-state index contributed by atoms with van der Waals surface area (Å²) in [6, 6.07) is 0. The Morgan fingerprint density at radius 1 is 1.57 bits per heavy atom. The SMILES string of the molecule is C#CC(C)(C)NCC(=O)OCCCC. The third kappa shape index (κ3) is 6.50. The summed E-state index contributed by atoms with van der Waals surface area (Å²) in [7, 11) is 0. The minimum absolute atomic E-state index is 0.168. The van der Waals surface area contributed by atoms with Gasteiger partial charge in [0.25, 0.3) is 0 Å². The van der Waals surface area contributed by atoms with E-state index < -0.39 is 5.54 Å². The fourth-order valence-corrected chi connectivity index (χ4v) is 0.726. The smallest absolute Gasteiger partial charge is 0.319 e. The van der Waals surface area contributed by atoms with Gasteiger partial charge in [0.15, 0.2) is 0 Å². The van der Waals surface area contributed by atoms with Gasteiger partial charge in [0.1, 0.15) is 0 Å². The highest BCUT2D eigenvalue weighted by atomic mass is 16.5. The average Bonchev–Trinajstić information content (AvgIpc) is 2.16. The lowest BCUT2D eigenvalue weighted by Gasteiger charge is -2.18. The van der Waals surface area contributed by atoms with Crippen LogP contribution in [0.2, 0.25) is 0 Å². The summed E-state index contributed by atoms with van der Waals surface area (Å²) in [6.45, 7) is 6.39. The third-order valence-corrected chi connectivity index (χ3v) is 1.80. The Labute approximate surface area is 86.2 Å². The lowest BCUT2D eigenvalue weighted by molar-refractivity contribution is -0.142. The zero-order valence-corrected chi connectivity index (χ0v) is 9.22. The van der Waals surface area contributed by atoms with E-state index >= 15 is 0 Å². The molecule has 0 saturated carbocycles. The molecule has 0 spiro atoms. The van der Waals surface area contributed by atoms with Crippen molar-refractivity contribution in [1.82, 2.24) is 5.32 Å². The van der Waals surface area contributed by atoms with Crippen LogP contribution in [0, 0.1) is 12.3 Å². The van der Waals surface area contributed by atoms with Crippen LogP contribution >= 0.6 is 0 Å². The summed E-state index contributed by atoms with van der Waals surface area (Å²) in [6.07, 6.45) is 7.18. The second-order valence-corrected chi connectivity index (χ2v) is 3.70. The Balaban J connectivity index is 3.60. The number of carbonyl (C=O) groups is 1. The van der Waals surface area contributed by atoms with E-state index in [0.29, 0.717) is 6.61 Å². The normalized spacial score (nSPS) is 10.7. The Kier molecular flexibility index (Phi) is 5.98. The highest BCUT2D eigenvalue weighted by Gasteiger charge is 2.14. The van der Waals surface area contributed by atoms with Crippen molar-refractivity contribution in [3.05, 3.63) is 0 Å². The minimum atomic E-state index is -0.455. The van der Waals surface area contributed by atoms with Crippen molar-refractivity contribution in [1.29, 1.82) is 0 Å². The van der Waals surface area contributed by atoms with Crippen LogP contribution in [0.1, 0.15) is 33.6 Å². The van der Waals surface area contributed by atoms with E-state index in [4.69, 9.17) is 11.2 Å². The van der Waals surface area contributed by atoms with Crippen molar-refractivity contribution in [2.75, 3.05) is 13.2 Å². The van der Waals surface area contributed by atoms with Gasteiger partial charge in [-0.15, -0.1) is 6.42 Å². The van der Waals surface area contributed by atoms with Gasteiger partial charge in [-0.25, -0.2) is 0 Å². The minimum Gasteiger partial charge on any atom is -0.465 e. The fourth-order valence-electron chi connectivity index (χ4n) is 0.726. The van der Waals surface area contributed by atoms with Gasteiger partial charge in [0.2, 0.25) is 0 Å². The number of terminal acetylenes is 1. The van der Waals surface area contributed by atoms with Gasteiger partial charge in [-0.05, 0) is 20.3 Å². The molecule has 0 amide bonds. The van der Waals surface area contributed by atoms with E-state index in [1.165, 1.54) is 0 Å². The van der Waals surface area contributed by atoms with Crippen molar-refractivity contribution >= 4 is 5.97 Å². The van der Waals surface area contributed by atoms with Gasteiger partial charge in [-0.1, -0.05) is 19.3 Å². The quantitative estimate of drug-likeness (QED) is 0.396. The summed E-state index contributed by atoms with van der Waals surface area (Å²) in [5.41, 5.74) is -0.455. The molecule has 0 aliphatic rings. The maximum absolute atomic E-state index is 11.1. The monoisotopic (exact) mass is 197 g/mol. The number of unbranched alkanes of at least 4 members (excludes halogenated alkanes) is 1. The van der Waals surface area contributed by atoms with Crippen LogP contribution in [0.5, 0.6) is 0 Å². The molecule has 0 atom stereocenters. The lowest BCUT2D eigenvalue weighted by atomic mass is 10.1. The Bertz CT molecular complexity index is 216. The largest absolute Gasteiger partial charge is 0.465 e. The van der Waals surface area contributed by atoms with Gasteiger partial charge >= 0.3 is 5.97 Å². The topological polar surface area (TPSA) is 38.3 Å².